The van der Waals surface area contributed by atoms with Gasteiger partial charge in [0.25, 0.3) is 5.91 Å². The van der Waals surface area contributed by atoms with Crippen molar-refractivity contribution in [3.05, 3.63) is 52.2 Å². The van der Waals surface area contributed by atoms with Gasteiger partial charge in [0.1, 0.15) is 0 Å². The number of hydrogen-bond donors (Lipinski definition) is 0. The molecular weight excluding hydrogens is 396 g/mol. The van der Waals surface area contributed by atoms with E-state index >= 15 is 0 Å². The highest BCUT2D eigenvalue weighted by Crippen LogP contribution is 2.34. The van der Waals surface area contributed by atoms with E-state index in [0.717, 1.165) is 44.1 Å². The van der Waals surface area contributed by atoms with Gasteiger partial charge < -0.3 is 14.2 Å². The van der Waals surface area contributed by atoms with Crippen molar-refractivity contribution in [2.75, 3.05) is 38.3 Å². The fraction of sp³-hybridized carbons (Fsp3) is 0.391. The molecule has 1 aromatic heterocycles. The molecule has 6 nitrogen and oxygen atoms in total. The zero-order valence-corrected chi connectivity index (χ0v) is 18.8. The maximum Gasteiger partial charge on any atom is 0.266 e. The van der Waals surface area contributed by atoms with E-state index in [1.165, 1.54) is 28.8 Å². The third-order valence-electron chi connectivity index (χ3n) is 5.67. The number of nitrogens with zero attached hydrogens (tertiary/aromatic N) is 4. The summed E-state index contributed by atoms with van der Waals surface area (Å²) in [6.07, 6.45) is 1.99. The Morgan fingerprint density at radius 2 is 1.87 bits per heavy atom. The first-order chi connectivity index (χ1) is 14.5. The van der Waals surface area contributed by atoms with E-state index in [0.29, 0.717) is 10.1 Å². The SMILES string of the molecule is CCn1c(C)cc(/C=C2/SC(=Nc3ccc(N4CCOCC4)cc3)N(C)C2=O)c1C. The predicted molar refractivity (Wildman–Crippen MR) is 124 cm³/mol. The highest BCUT2D eigenvalue weighted by molar-refractivity contribution is 8.18. The lowest BCUT2D eigenvalue weighted by molar-refractivity contribution is -0.121. The van der Waals surface area contributed by atoms with Gasteiger partial charge in [-0.05, 0) is 74.5 Å². The van der Waals surface area contributed by atoms with Crippen LogP contribution in [0.3, 0.4) is 0 Å². The van der Waals surface area contributed by atoms with Crippen LogP contribution in [0.5, 0.6) is 0 Å². The van der Waals surface area contributed by atoms with Crippen molar-refractivity contribution in [1.82, 2.24) is 9.47 Å². The molecule has 0 atom stereocenters. The smallest absolute Gasteiger partial charge is 0.266 e. The van der Waals surface area contributed by atoms with Crippen LogP contribution in [0.15, 0.2) is 40.2 Å². The summed E-state index contributed by atoms with van der Waals surface area (Å²) in [4.78, 5) is 22.1. The minimum absolute atomic E-state index is 0.00927. The number of thioether (sulfide) groups is 1. The second kappa shape index (κ2) is 8.70. The number of hydrogen-bond acceptors (Lipinski definition) is 5. The monoisotopic (exact) mass is 424 g/mol. The van der Waals surface area contributed by atoms with Crippen LogP contribution < -0.4 is 4.90 Å². The van der Waals surface area contributed by atoms with Crippen LogP contribution in [0.4, 0.5) is 11.4 Å². The van der Waals surface area contributed by atoms with E-state index in [2.05, 4.69) is 48.4 Å². The van der Waals surface area contributed by atoms with E-state index in [1.54, 1.807) is 11.9 Å². The number of ether oxygens (including phenoxy) is 1. The third kappa shape index (κ3) is 4.04. The van der Waals surface area contributed by atoms with Crippen LogP contribution >= 0.6 is 11.8 Å². The van der Waals surface area contributed by atoms with Crippen LogP contribution in [-0.4, -0.2) is 53.9 Å². The Labute approximate surface area is 182 Å². The third-order valence-corrected chi connectivity index (χ3v) is 6.73. The first kappa shape index (κ1) is 20.8. The number of aryl methyl sites for hydroxylation is 1. The van der Waals surface area contributed by atoms with E-state index in [4.69, 9.17) is 9.73 Å². The number of morpholine rings is 1. The number of anilines is 1. The standard InChI is InChI=1S/C23H28N4O2S/c1-5-27-16(2)14-18(17(27)3)15-21-22(28)25(4)23(30-21)24-19-6-8-20(9-7-19)26-10-12-29-13-11-26/h6-9,14-15H,5,10-13H2,1-4H3/b21-15+,24-23?. The van der Waals surface area contributed by atoms with Crippen LogP contribution in [0.2, 0.25) is 0 Å². The summed E-state index contributed by atoms with van der Waals surface area (Å²) in [6, 6.07) is 10.3. The number of likely N-dealkylation sites (N-methyl/N-ethyl adjacent to an activating group) is 1. The average molecular weight is 425 g/mol. The molecule has 0 bridgehead atoms. The molecule has 30 heavy (non-hydrogen) atoms. The largest absolute Gasteiger partial charge is 0.378 e. The van der Waals surface area contributed by atoms with Crippen LogP contribution in [0, 0.1) is 13.8 Å². The topological polar surface area (TPSA) is 50.1 Å². The van der Waals surface area contributed by atoms with Gasteiger partial charge >= 0.3 is 0 Å². The molecule has 2 fully saturated rings. The average Bonchev–Trinajstić information content (AvgIpc) is 3.18. The minimum Gasteiger partial charge on any atom is -0.378 e. The van der Waals surface area contributed by atoms with Gasteiger partial charge in [-0.2, -0.15) is 0 Å². The highest BCUT2D eigenvalue weighted by Gasteiger charge is 2.30. The number of benzene rings is 1. The molecule has 7 heteroatoms. The molecule has 1 amide bonds. The maximum atomic E-state index is 12.8. The fourth-order valence-corrected chi connectivity index (χ4v) is 4.90. The second-order valence-corrected chi connectivity index (χ2v) is 8.56. The lowest BCUT2D eigenvalue weighted by Crippen LogP contribution is -2.36. The zero-order chi connectivity index (χ0) is 21.3. The Balaban J connectivity index is 1.54. The first-order valence-electron chi connectivity index (χ1n) is 10.3. The summed E-state index contributed by atoms with van der Waals surface area (Å²) in [5.74, 6) is -0.00927. The van der Waals surface area contributed by atoms with Crippen molar-refractivity contribution in [3.63, 3.8) is 0 Å². The van der Waals surface area contributed by atoms with Crippen LogP contribution in [0.25, 0.3) is 6.08 Å². The maximum absolute atomic E-state index is 12.8. The predicted octanol–water partition coefficient (Wildman–Crippen LogP) is 4.20. The molecule has 3 heterocycles. The first-order valence-corrected chi connectivity index (χ1v) is 11.2. The van der Waals surface area contributed by atoms with Gasteiger partial charge in [-0.25, -0.2) is 4.99 Å². The molecule has 2 aliphatic heterocycles. The molecule has 0 saturated carbocycles. The number of amides is 1. The summed E-state index contributed by atoms with van der Waals surface area (Å²) < 4.78 is 7.67. The molecule has 1 aromatic carbocycles. The molecule has 4 rings (SSSR count). The van der Waals surface area contributed by atoms with Gasteiger partial charge in [0, 0.05) is 43.8 Å². The summed E-state index contributed by atoms with van der Waals surface area (Å²) in [5, 5.41) is 0.703. The molecule has 158 valence electrons. The van der Waals surface area contributed by atoms with Crippen molar-refractivity contribution in [3.8, 4) is 0 Å². The molecule has 2 aromatic rings. The Morgan fingerprint density at radius 3 is 2.50 bits per heavy atom. The molecule has 2 saturated heterocycles. The quantitative estimate of drug-likeness (QED) is 0.691. The Morgan fingerprint density at radius 1 is 1.17 bits per heavy atom. The molecule has 0 radical (unpaired) electrons. The molecule has 0 aliphatic carbocycles. The number of carbonyl (C=O) groups excluding carboxylic acids is 1. The van der Waals surface area contributed by atoms with Crippen molar-refractivity contribution in [1.29, 1.82) is 0 Å². The van der Waals surface area contributed by atoms with Crippen LogP contribution in [-0.2, 0) is 16.1 Å². The number of aromatic nitrogens is 1. The molecule has 2 aliphatic rings. The minimum atomic E-state index is -0.00927. The molecule has 0 unspecified atom stereocenters. The van der Waals surface area contributed by atoms with E-state index < -0.39 is 0 Å². The summed E-state index contributed by atoms with van der Waals surface area (Å²) >= 11 is 1.43. The van der Waals surface area contributed by atoms with Gasteiger partial charge in [0.2, 0.25) is 0 Å². The summed E-state index contributed by atoms with van der Waals surface area (Å²) in [6.45, 7) is 10.6. The Hall–Kier alpha value is -2.51. The number of aliphatic imine (C=N–C) groups is 1. The second-order valence-electron chi connectivity index (χ2n) is 7.56. The van der Waals surface area contributed by atoms with Gasteiger partial charge in [0.05, 0.1) is 23.8 Å². The van der Waals surface area contributed by atoms with Gasteiger partial charge in [0.15, 0.2) is 5.17 Å². The van der Waals surface area contributed by atoms with Crippen molar-refractivity contribution >= 4 is 40.3 Å². The normalized spacial score (nSPS) is 20.1. The molecule has 0 spiro atoms. The van der Waals surface area contributed by atoms with E-state index in [9.17, 15) is 4.79 Å². The Bertz CT molecular complexity index is 1000. The lowest BCUT2D eigenvalue weighted by Gasteiger charge is -2.28. The summed E-state index contributed by atoms with van der Waals surface area (Å²) in [7, 11) is 1.78. The number of carbonyl (C=O) groups is 1. The van der Waals surface area contributed by atoms with Crippen LogP contribution in [0.1, 0.15) is 23.9 Å². The fourth-order valence-electron chi connectivity index (χ4n) is 3.92. The summed E-state index contributed by atoms with van der Waals surface area (Å²) in [5.41, 5.74) is 5.51. The van der Waals surface area contributed by atoms with Crippen molar-refractivity contribution in [2.24, 2.45) is 4.99 Å². The molecular formula is C23H28N4O2S. The highest BCUT2D eigenvalue weighted by atomic mass is 32.2. The van der Waals surface area contributed by atoms with Crippen molar-refractivity contribution < 1.29 is 9.53 Å². The number of rotatable bonds is 4. The van der Waals surface area contributed by atoms with Gasteiger partial charge in [-0.1, -0.05) is 0 Å². The Kier molecular flexibility index (Phi) is 6.01. The number of amidine groups is 1. The zero-order valence-electron chi connectivity index (χ0n) is 18.0. The van der Waals surface area contributed by atoms with Crippen molar-refractivity contribution in [2.45, 2.75) is 27.3 Å². The van der Waals surface area contributed by atoms with E-state index in [1.807, 2.05) is 18.2 Å². The lowest BCUT2D eigenvalue weighted by atomic mass is 10.2. The van der Waals surface area contributed by atoms with Gasteiger partial charge in [-0.15, -0.1) is 0 Å². The van der Waals surface area contributed by atoms with E-state index in [-0.39, 0.29) is 5.91 Å². The molecule has 0 N–H and O–H groups in total. The van der Waals surface area contributed by atoms with Gasteiger partial charge in [-0.3, -0.25) is 9.69 Å².